The topological polar surface area (TPSA) is 22.8 Å². The molecule has 0 aliphatic heterocycles. The maximum Gasteiger partial charge on any atom is 0.145 e. The van der Waals surface area contributed by atoms with Gasteiger partial charge in [0, 0.05) is 30.2 Å². The molecule has 2 aromatic heterocycles. The van der Waals surface area contributed by atoms with Crippen LogP contribution in [0.25, 0.3) is 55.6 Å². The Labute approximate surface area is 256 Å². The molecule has 3 nitrogen and oxygen atoms in total. The van der Waals surface area contributed by atoms with Crippen molar-refractivity contribution in [1.82, 2.24) is 14.1 Å². The number of nitrogens with zero attached hydrogens (tertiary/aromatic N) is 3. The maximum absolute atomic E-state index is 8.53. The summed E-state index contributed by atoms with van der Waals surface area (Å²) in [6.45, 7) is 3.78. The average molecular weight is 554 g/mol. The molecule has 42 heavy (non-hydrogen) atoms. The number of hydrogen-bond donors (Lipinski definition) is 0. The van der Waals surface area contributed by atoms with E-state index in [-0.39, 0.29) is 23.0 Å². The number of imidazole rings is 1. The minimum atomic E-state index is -2.55. The molecule has 0 saturated heterocycles. The summed E-state index contributed by atoms with van der Waals surface area (Å²) < 4.78 is 54.4. The molecule has 3 heteroatoms. The Kier molecular flexibility index (Phi) is 4.84. The number of fused-ring (bicyclic) bond motifs is 4. The molecule has 0 spiro atoms. The van der Waals surface area contributed by atoms with E-state index < -0.39 is 13.7 Å². The lowest BCUT2D eigenvalue weighted by Gasteiger charge is -2.22. The van der Waals surface area contributed by atoms with E-state index in [0.717, 1.165) is 44.7 Å². The SMILES string of the molecule is [2H]C([2H])([2H])c1cc(C([2H])([2H])[2H])c2c3cc(-c4nc5ccccc5n4-c4c(C(C)C)cccc4C(C)C)ccc3n(-c3ccccc3)c2c1. The molecule has 7 aromatic rings. The predicted molar refractivity (Wildman–Crippen MR) is 178 cm³/mol. The van der Waals surface area contributed by atoms with Crippen LogP contribution in [-0.2, 0) is 0 Å². The summed E-state index contributed by atoms with van der Waals surface area (Å²) >= 11 is 0. The van der Waals surface area contributed by atoms with Crippen LogP contribution >= 0.6 is 0 Å². The van der Waals surface area contributed by atoms with Gasteiger partial charge in [-0.15, -0.1) is 0 Å². The van der Waals surface area contributed by atoms with Crippen molar-refractivity contribution in [1.29, 1.82) is 0 Å². The first-order valence-electron chi connectivity index (χ1n) is 17.6. The van der Waals surface area contributed by atoms with Crippen LogP contribution in [-0.4, -0.2) is 14.1 Å². The minimum Gasteiger partial charge on any atom is -0.309 e. The van der Waals surface area contributed by atoms with Gasteiger partial charge in [0.25, 0.3) is 0 Å². The van der Waals surface area contributed by atoms with Crippen LogP contribution in [0.15, 0.2) is 103 Å². The third kappa shape index (κ3) is 4.07. The zero-order valence-electron chi connectivity index (χ0n) is 30.3. The molecule has 7 rings (SSSR count). The minimum absolute atomic E-state index is 0.00497. The van der Waals surface area contributed by atoms with Crippen molar-refractivity contribution in [3.63, 3.8) is 0 Å². The van der Waals surface area contributed by atoms with Gasteiger partial charge in [-0.25, -0.2) is 4.98 Å². The van der Waals surface area contributed by atoms with E-state index in [9.17, 15) is 0 Å². The molecule has 0 atom stereocenters. The van der Waals surface area contributed by atoms with Crippen molar-refractivity contribution < 1.29 is 8.22 Å². The fraction of sp³-hybridized carbons (Fsp3) is 0.205. The average Bonchev–Trinajstić information content (AvgIpc) is 3.59. The lowest BCUT2D eigenvalue weighted by molar-refractivity contribution is 0.811. The standard InChI is InChI=1S/C39H37N3/c1-24(2)30-15-12-16-31(25(3)4)38(30)42-35-18-11-10-17-33(35)40-39(42)28-19-20-34-32(23-28)37-27(6)21-26(5)22-36(37)41(34)29-13-8-7-9-14-29/h7-25H,1-6H3/i5D3,6D3. The lowest BCUT2D eigenvalue weighted by atomic mass is 9.92. The summed E-state index contributed by atoms with van der Waals surface area (Å²) in [6.07, 6.45) is 0. The van der Waals surface area contributed by atoms with Gasteiger partial charge in [0.05, 0.1) is 27.8 Å². The summed E-state index contributed by atoms with van der Waals surface area (Å²) in [6, 6.07) is 33.3. The molecule has 0 amide bonds. The first-order valence-corrected chi connectivity index (χ1v) is 14.6. The molecule has 208 valence electrons. The zero-order chi connectivity index (χ0) is 34.1. The van der Waals surface area contributed by atoms with Crippen LogP contribution in [0.1, 0.15) is 70.0 Å². The third-order valence-corrected chi connectivity index (χ3v) is 8.26. The molecule has 0 saturated carbocycles. The number of aromatic nitrogens is 3. The Morgan fingerprint density at radius 1 is 0.643 bits per heavy atom. The number of hydrogen-bond acceptors (Lipinski definition) is 1. The van der Waals surface area contributed by atoms with E-state index in [1.165, 1.54) is 17.2 Å². The Balaban J connectivity index is 1.62. The van der Waals surface area contributed by atoms with Gasteiger partial charge in [0.2, 0.25) is 0 Å². The van der Waals surface area contributed by atoms with Crippen LogP contribution in [0.4, 0.5) is 0 Å². The highest BCUT2D eigenvalue weighted by molar-refractivity contribution is 6.12. The fourth-order valence-corrected chi connectivity index (χ4v) is 6.36. The van der Waals surface area contributed by atoms with Gasteiger partial charge < -0.3 is 4.57 Å². The highest BCUT2D eigenvalue weighted by Gasteiger charge is 2.23. The molecule has 0 unspecified atom stereocenters. The summed E-state index contributed by atoms with van der Waals surface area (Å²) in [4.78, 5) is 5.20. The Bertz CT molecular complexity index is 2300. The highest BCUT2D eigenvalue weighted by atomic mass is 15.1. The normalized spacial score (nSPS) is 14.7. The predicted octanol–water partition coefficient (Wildman–Crippen LogP) is 10.7. The Morgan fingerprint density at radius 2 is 1.38 bits per heavy atom. The molecule has 0 bridgehead atoms. The molecule has 2 heterocycles. The van der Waals surface area contributed by atoms with Gasteiger partial charge in [0.1, 0.15) is 5.82 Å². The Morgan fingerprint density at radius 3 is 2.10 bits per heavy atom. The lowest BCUT2D eigenvalue weighted by Crippen LogP contribution is -2.08. The molecule has 0 aliphatic carbocycles. The van der Waals surface area contributed by atoms with Gasteiger partial charge >= 0.3 is 0 Å². The van der Waals surface area contributed by atoms with Crippen LogP contribution in [0.2, 0.25) is 0 Å². The first-order chi connectivity index (χ1) is 22.8. The smallest absolute Gasteiger partial charge is 0.145 e. The zero-order valence-corrected chi connectivity index (χ0v) is 24.3. The van der Waals surface area contributed by atoms with Crippen molar-refractivity contribution in [3.8, 4) is 22.8 Å². The van der Waals surface area contributed by atoms with E-state index in [1.54, 1.807) is 6.07 Å². The quantitative estimate of drug-likeness (QED) is 0.208. The molecule has 0 fully saturated rings. The highest BCUT2D eigenvalue weighted by Crippen LogP contribution is 2.40. The summed E-state index contributed by atoms with van der Waals surface area (Å²) in [5.74, 6) is 1.27. The second-order valence-corrected chi connectivity index (χ2v) is 11.7. The van der Waals surface area contributed by atoms with Crippen molar-refractivity contribution >= 4 is 32.8 Å². The number of rotatable bonds is 5. The van der Waals surface area contributed by atoms with Gasteiger partial charge in [-0.1, -0.05) is 82.3 Å². The third-order valence-electron chi connectivity index (χ3n) is 8.26. The molecule has 0 radical (unpaired) electrons. The second-order valence-electron chi connectivity index (χ2n) is 11.7. The molecule has 0 aliphatic rings. The van der Waals surface area contributed by atoms with E-state index in [0.29, 0.717) is 10.9 Å². The molecule has 0 N–H and O–H groups in total. The summed E-state index contributed by atoms with van der Waals surface area (Å²) in [7, 11) is 0. The van der Waals surface area contributed by atoms with Crippen LogP contribution in [0.5, 0.6) is 0 Å². The van der Waals surface area contributed by atoms with Gasteiger partial charge in [-0.2, -0.15) is 0 Å². The van der Waals surface area contributed by atoms with E-state index >= 15 is 0 Å². The number of benzene rings is 5. The van der Waals surface area contributed by atoms with Crippen molar-refractivity contribution in [3.05, 3.63) is 125 Å². The van der Waals surface area contributed by atoms with Gasteiger partial charge in [-0.3, -0.25) is 4.57 Å². The second kappa shape index (κ2) is 10.0. The van der Waals surface area contributed by atoms with Crippen molar-refractivity contribution in [2.75, 3.05) is 0 Å². The largest absolute Gasteiger partial charge is 0.309 e. The van der Waals surface area contributed by atoms with Crippen molar-refractivity contribution in [2.24, 2.45) is 0 Å². The molecule has 5 aromatic carbocycles. The number of aryl methyl sites for hydroxylation is 2. The summed E-state index contributed by atoms with van der Waals surface area (Å²) in [5, 5.41) is 1.23. The van der Waals surface area contributed by atoms with Gasteiger partial charge in [-0.05, 0) is 96.3 Å². The first kappa shape index (κ1) is 20.3. The van der Waals surface area contributed by atoms with E-state index in [4.69, 9.17) is 13.2 Å². The maximum atomic E-state index is 8.53. The Hall–Kier alpha value is -4.63. The van der Waals surface area contributed by atoms with Crippen LogP contribution in [0.3, 0.4) is 0 Å². The van der Waals surface area contributed by atoms with Crippen LogP contribution in [0, 0.1) is 13.7 Å². The van der Waals surface area contributed by atoms with Crippen molar-refractivity contribution in [2.45, 2.75) is 53.2 Å². The molecular formula is C39H37N3. The van der Waals surface area contributed by atoms with Gasteiger partial charge in [0.15, 0.2) is 0 Å². The van der Waals surface area contributed by atoms with E-state index in [2.05, 4.69) is 56.5 Å². The van der Waals surface area contributed by atoms with E-state index in [1.807, 2.05) is 71.3 Å². The fourth-order valence-electron chi connectivity index (χ4n) is 6.36. The monoisotopic (exact) mass is 553 g/mol. The number of para-hydroxylation sites is 4. The molecular weight excluding hydrogens is 510 g/mol. The summed E-state index contributed by atoms with van der Waals surface area (Å²) in [5.41, 5.74) is 8.36. The van der Waals surface area contributed by atoms with Crippen LogP contribution < -0.4 is 0 Å².